The molecular weight excluding hydrogens is 238 g/mol. The Balaban J connectivity index is 1.86. The average Bonchev–Trinajstić information content (AvgIpc) is 3.21. The van der Waals surface area contributed by atoms with E-state index in [0.29, 0.717) is 6.61 Å². The summed E-state index contributed by atoms with van der Waals surface area (Å²) in [6, 6.07) is 7.59. The minimum atomic E-state index is -0.377. The molecule has 2 rings (SSSR count). The molecule has 104 valence electrons. The molecule has 1 aromatic rings. The molecule has 19 heavy (non-hydrogen) atoms. The fraction of sp³-hybridized carbons (Fsp3) is 0.562. The molecule has 0 unspecified atom stereocenters. The molecular formula is C16H23NO2. The van der Waals surface area contributed by atoms with Crippen molar-refractivity contribution in [1.82, 2.24) is 0 Å². The zero-order chi connectivity index (χ0) is 13.7. The van der Waals surface area contributed by atoms with Crippen LogP contribution in [0, 0.1) is 0 Å². The Bertz CT molecular complexity index is 421. The molecule has 0 radical (unpaired) electrons. The molecule has 1 aliphatic rings. The number of esters is 1. The summed E-state index contributed by atoms with van der Waals surface area (Å²) in [6.07, 6.45) is 6.30. The van der Waals surface area contributed by atoms with Gasteiger partial charge in [0.05, 0.1) is 12.0 Å². The van der Waals surface area contributed by atoms with E-state index in [1.807, 2.05) is 24.3 Å². The van der Waals surface area contributed by atoms with Gasteiger partial charge in [-0.15, -0.1) is 0 Å². The number of carbonyl (C=O) groups excluding carboxylic acids is 1. The zero-order valence-corrected chi connectivity index (χ0v) is 11.7. The summed E-state index contributed by atoms with van der Waals surface area (Å²) in [6.45, 7) is 2.72. The average molecular weight is 261 g/mol. The number of hydrogen-bond acceptors (Lipinski definition) is 3. The molecule has 0 heterocycles. The molecule has 1 aliphatic carbocycles. The number of rotatable bonds is 7. The quantitative estimate of drug-likeness (QED) is 0.465. The van der Waals surface area contributed by atoms with Crippen molar-refractivity contribution in [3.8, 4) is 0 Å². The van der Waals surface area contributed by atoms with Crippen molar-refractivity contribution in [3.63, 3.8) is 0 Å². The Morgan fingerprint density at radius 3 is 2.47 bits per heavy atom. The van der Waals surface area contributed by atoms with Crippen LogP contribution in [0.5, 0.6) is 0 Å². The highest BCUT2D eigenvalue weighted by Gasteiger charge is 2.52. The minimum Gasteiger partial charge on any atom is -0.465 e. The smallest absolute Gasteiger partial charge is 0.316 e. The first-order valence-electron chi connectivity index (χ1n) is 7.22. The third-order valence-corrected chi connectivity index (χ3v) is 3.84. The van der Waals surface area contributed by atoms with E-state index in [9.17, 15) is 4.79 Å². The first kappa shape index (κ1) is 13.9. The molecule has 3 heteroatoms. The van der Waals surface area contributed by atoms with E-state index in [1.165, 1.54) is 12.8 Å². The maximum Gasteiger partial charge on any atom is 0.316 e. The van der Waals surface area contributed by atoms with Gasteiger partial charge in [0.25, 0.3) is 0 Å². The van der Waals surface area contributed by atoms with E-state index in [1.54, 1.807) is 0 Å². The Hall–Kier alpha value is -1.51. The molecule has 2 N–H and O–H groups in total. The lowest BCUT2D eigenvalue weighted by Crippen LogP contribution is -2.23. The zero-order valence-electron chi connectivity index (χ0n) is 11.7. The highest BCUT2D eigenvalue weighted by Crippen LogP contribution is 2.49. The van der Waals surface area contributed by atoms with Crippen LogP contribution in [0.2, 0.25) is 0 Å². The van der Waals surface area contributed by atoms with E-state index >= 15 is 0 Å². The molecule has 1 saturated carbocycles. The summed E-state index contributed by atoms with van der Waals surface area (Å²) in [7, 11) is 0. The van der Waals surface area contributed by atoms with E-state index in [0.717, 1.165) is 36.9 Å². The van der Waals surface area contributed by atoms with Crippen molar-refractivity contribution >= 4 is 11.7 Å². The van der Waals surface area contributed by atoms with Crippen LogP contribution in [0.3, 0.4) is 0 Å². The Labute approximate surface area is 115 Å². The summed E-state index contributed by atoms with van der Waals surface area (Å²) >= 11 is 0. The van der Waals surface area contributed by atoms with Gasteiger partial charge >= 0.3 is 5.97 Å². The van der Waals surface area contributed by atoms with Crippen molar-refractivity contribution in [2.45, 2.75) is 50.9 Å². The Morgan fingerprint density at radius 2 is 1.89 bits per heavy atom. The van der Waals surface area contributed by atoms with Gasteiger partial charge in [0.1, 0.15) is 0 Å². The number of benzene rings is 1. The highest BCUT2D eigenvalue weighted by atomic mass is 16.5. The Kier molecular flexibility index (Phi) is 4.46. The first-order chi connectivity index (χ1) is 9.19. The van der Waals surface area contributed by atoms with Crippen molar-refractivity contribution in [1.29, 1.82) is 0 Å². The molecule has 3 nitrogen and oxygen atoms in total. The summed E-state index contributed by atoms with van der Waals surface area (Å²) in [5.74, 6) is -0.0613. The van der Waals surface area contributed by atoms with Gasteiger partial charge < -0.3 is 10.5 Å². The van der Waals surface area contributed by atoms with Crippen LogP contribution in [0.1, 0.15) is 51.0 Å². The molecule has 0 aromatic heterocycles. The van der Waals surface area contributed by atoms with Gasteiger partial charge in [-0.2, -0.15) is 0 Å². The first-order valence-corrected chi connectivity index (χ1v) is 7.22. The standard InChI is InChI=1S/C16H23NO2/c1-2-3-4-5-12-19-15(18)16(10-11-16)13-6-8-14(17)9-7-13/h6-9H,2-5,10-12,17H2,1H3. The lowest BCUT2D eigenvalue weighted by molar-refractivity contribution is -0.146. The maximum absolute atomic E-state index is 12.2. The molecule has 0 atom stereocenters. The molecule has 0 amide bonds. The lowest BCUT2D eigenvalue weighted by Gasteiger charge is -2.15. The van der Waals surface area contributed by atoms with E-state index in [4.69, 9.17) is 10.5 Å². The normalized spacial score (nSPS) is 16.1. The second-order valence-electron chi connectivity index (χ2n) is 5.40. The summed E-state index contributed by atoms with van der Waals surface area (Å²) in [5, 5.41) is 0. The maximum atomic E-state index is 12.2. The van der Waals surface area contributed by atoms with Crippen LogP contribution in [-0.2, 0) is 14.9 Å². The van der Waals surface area contributed by atoms with Gasteiger partial charge in [-0.05, 0) is 37.0 Å². The van der Waals surface area contributed by atoms with Crippen LogP contribution >= 0.6 is 0 Å². The number of nitrogen functional groups attached to an aromatic ring is 1. The molecule has 1 fully saturated rings. The lowest BCUT2D eigenvalue weighted by atomic mass is 9.96. The second kappa shape index (κ2) is 6.09. The number of unbranched alkanes of at least 4 members (excludes halogenated alkanes) is 3. The predicted octanol–water partition coefficient (Wildman–Crippen LogP) is 3.42. The van der Waals surface area contributed by atoms with Crippen LogP contribution in [0.25, 0.3) is 0 Å². The number of ether oxygens (including phenoxy) is 1. The van der Waals surface area contributed by atoms with E-state index in [-0.39, 0.29) is 11.4 Å². The van der Waals surface area contributed by atoms with Gasteiger partial charge in [0, 0.05) is 5.69 Å². The van der Waals surface area contributed by atoms with Crippen LogP contribution in [0.4, 0.5) is 5.69 Å². The van der Waals surface area contributed by atoms with Gasteiger partial charge in [0.2, 0.25) is 0 Å². The van der Waals surface area contributed by atoms with E-state index in [2.05, 4.69) is 6.92 Å². The van der Waals surface area contributed by atoms with Crippen LogP contribution in [-0.4, -0.2) is 12.6 Å². The van der Waals surface area contributed by atoms with Crippen molar-refractivity contribution in [3.05, 3.63) is 29.8 Å². The van der Waals surface area contributed by atoms with E-state index < -0.39 is 0 Å². The van der Waals surface area contributed by atoms with Gasteiger partial charge in [-0.25, -0.2) is 0 Å². The predicted molar refractivity (Wildman–Crippen MR) is 76.9 cm³/mol. The topological polar surface area (TPSA) is 52.3 Å². The van der Waals surface area contributed by atoms with Crippen LogP contribution in [0.15, 0.2) is 24.3 Å². The van der Waals surface area contributed by atoms with Gasteiger partial charge in [0.15, 0.2) is 0 Å². The van der Waals surface area contributed by atoms with Crippen molar-refractivity contribution in [2.24, 2.45) is 0 Å². The van der Waals surface area contributed by atoms with Crippen LogP contribution < -0.4 is 5.73 Å². The van der Waals surface area contributed by atoms with Gasteiger partial charge in [-0.3, -0.25) is 4.79 Å². The van der Waals surface area contributed by atoms with Crippen molar-refractivity contribution in [2.75, 3.05) is 12.3 Å². The van der Waals surface area contributed by atoms with Crippen molar-refractivity contribution < 1.29 is 9.53 Å². The number of hydrogen-bond donors (Lipinski definition) is 1. The summed E-state index contributed by atoms with van der Waals surface area (Å²) in [4.78, 5) is 12.2. The second-order valence-corrected chi connectivity index (χ2v) is 5.40. The monoisotopic (exact) mass is 261 g/mol. The SMILES string of the molecule is CCCCCCOC(=O)C1(c2ccc(N)cc2)CC1. The molecule has 1 aromatic carbocycles. The summed E-state index contributed by atoms with van der Waals surface area (Å²) < 4.78 is 5.43. The minimum absolute atomic E-state index is 0.0613. The largest absolute Gasteiger partial charge is 0.465 e. The number of nitrogens with two attached hydrogens (primary N) is 1. The third-order valence-electron chi connectivity index (χ3n) is 3.84. The fourth-order valence-corrected chi connectivity index (χ4v) is 2.37. The molecule has 0 saturated heterocycles. The number of carbonyl (C=O) groups is 1. The molecule has 0 spiro atoms. The highest BCUT2D eigenvalue weighted by molar-refractivity contribution is 5.86. The Morgan fingerprint density at radius 1 is 1.21 bits per heavy atom. The van der Waals surface area contributed by atoms with Gasteiger partial charge in [-0.1, -0.05) is 38.3 Å². The fourth-order valence-electron chi connectivity index (χ4n) is 2.37. The molecule has 0 aliphatic heterocycles. The third kappa shape index (κ3) is 3.28. The summed E-state index contributed by atoms with van der Waals surface area (Å²) in [5.41, 5.74) is 7.07. The number of anilines is 1. The molecule has 0 bridgehead atoms.